The number of carbonyl (C=O) groups excluding carboxylic acids is 1. The van der Waals surface area contributed by atoms with Gasteiger partial charge in [-0.2, -0.15) is 5.10 Å². The van der Waals surface area contributed by atoms with E-state index in [-0.39, 0.29) is 0 Å². The molecule has 0 spiro atoms. The molecule has 0 bridgehead atoms. The summed E-state index contributed by atoms with van der Waals surface area (Å²) in [5.74, 6) is 2.11. The zero-order valence-electron chi connectivity index (χ0n) is 20.4. The van der Waals surface area contributed by atoms with E-state index < -0.39 is 0 Å². The van der Waals surface area contributed by atoms with Crippen molar-refractivity contribution in [2.24, 2.45) is 11.8 Å². The zero-order valence-corrected chi connectivity index (χ0v) is 20.4. The molecule has 1 N–H and O–H groups in total. The van der Waals surface area contributed by atoms with Crippen LogP contribution in [0.4, 0.5) is 0 Å². The van der Waals surface area contributed by atoms with Gasteiger partial charge in [-0.1, -0.05) is 48.5 Å². The van der Waals surface area contributed by atoms with Gasteiger partial charge in [-0.05, 0) is 60.9 Å². The Morgan fingerprint density at radius 3 is 2.64 bits per heavy atom. The third-order valence-electron chi connectivity index (χ3n) is 7.86. The molecule has 1 saturated heterocycles. The number of nitrogens with zero attached hydrogens (tertiary/aromatic N) is 4. The van der Waals surface area contributed by atoms with Gasteiger partial charge in [0.15, 0.2) is 0 Å². The predicted molar refractivity (Wildman–Crippen MR) is 142 cm³/mol. The Bertz CT molecular complexity index is 1590. The van der Waals surface area contributed by atoms with Crippen LogP contribution in [0.2, 0.25) is 0 Å². The van der Waals surface area contributed by atoms with Gasteiger partial charge in [0.2, 0.25) is 5.91 Å². The lowest BCUT2D eigenvalue weighted by Crippen LogP contribution is -2.30. The van der Waals surface area contributed by atoms with Crippen molar-refractivity contribution in [1.29, 1.82) is 0 Å². The minimum absolute atomic E-state index is 0.295. The normalized spacial score (nSPS) is 17.9. The monoisotopic (exact) mass is 475 g/mol. The van der Waals surface area contributed by atoms with Crippen LogP contribution in [0.25, 0.3) is 44.5 Å². The molecule has 1 atom stereocenters. The van der Waals surface area contributed by atoms with Crippen LogP contribution in [0.3, 0.4) is 0 Å². The Hall–Kier alpha value is -3.93. The maximum Gasteiger partial charge on any atom is 0.225 e. The maximum atomic E-state index is 12.6. The number of aromatic amines is 1. The molecule has 36 heavy (non-hydrogen) atoms. The van der Waals surface area contributed by atoms with Gasteiger partial charge in [-0.3, -0.25) is 9.89 Å². The first-order chi connectivity index (χ1) is 17.6. The van der Waals surface area contributed by atoms with Gasteiger partial charge in [0.25, 0.3) is 0 Å². The molecule has 1 amide bonds. The molecule has 2 aliphatic rings. The van der Waals surface area contributed by atoms with Crippen molar-refractivity contribution >= 4 is 27.8 Å². The highest BCUT2D eigenvalue weighted by atomic mass is 16.2. The molecule has 5 aromatic rings. The number of rotatable bonds is 5. The first-order valence-electron chi connectivity index (χ1n) is 12.9. The number of likely N-dealkylation sites (tertiary alicyclic amines) is 1. The van der Waals surface area contributed by atoms with E-state index in [1.54, 1.807) is 0 Å². The van der Waals surface area contributed by atoms with Crippen molar-refractivity contribution in [2.75, 3.05) is 13.1 Å². The highest BCUT2D eigenvalue weighted by Crippen LogP contribution is 2.35. The molecular weight excluding hydrogens is 446 g/mol. The van der Waals surface area contributed by atoms with Gasteiger partial charge in [0.05, 0.1) is 22.7 Å². The standard InChI is InChI=1S/C30H29N5O/c1-19-3-2-4-27-28(19)32-29(35(27)18-20-13-14-34(17-20)30(36)23-9-10-23)22-7-5-21(6-8-22)24-11-12-25-16-31-33-26(25)15-24/h2-8,11-12,15-16,20,23H,9-10,13-14,17-18H2,1H3,(H,31,33)/t20-/m0/s1. The van der Waals surface area contributed by atoms with E-state index in [2.05, 4.69) is 87.3 Å². The van der Waals surface area contributed by atoms with Crippen molar-refractivity contribution < 1.29 is 4.79 Å². The van der Waals surface area contributed by atoms with Gasteiger partial charge in [-0.25, -0.2) is 4.98 Å². The van der Waals surface area contributed by atoms with Crippen molar-refractivity contribution in [3.05, 3.63) is 72.4 Å². The summed E-state index contributed by atoms with van der Waals surface area (Å²) in [7, 11) is 0. The van der Waals surface area contributed by atoms with Crippen molar-refractivity contribution in [3.8, 4) is 22.5 Å². The smallest absolute Gasteiger partial charge is 0.225 e. The van der Waals surface area contributed by atoms with Crippen LogP contribution < -0.4 is 0 Å². The minimum Gasteiger partial charge on any atom is -0.342 e. The lowest BCUT2D eigenvalue weighted by atomic mass is 10.0. The second kappa shape index (κ2) is 8.33. The molecule has 2 aromatic heterocycles. The Morgan fingerprint density at radius 2 is 1.81 bits per heavy atom. The second-order valence-corrected chi connectivity index (χ2v) is 10.5. The number of hydrogen-bond acceptors (Lipinski definition) is 3. The van der Waals surface area contributed by atoms with Crippen LogP contribution in [-0.2, 0) is 11.3 Å². The summed E-state index contributed by atoms with van der Waals surface area (Å²) in [6.07, 6.45) is 5.04. The first kappa shape index (κ1) is 21.4. The van der Waals surface area contributed by atoms with Gasteiger partial charge in [0.1, 0.15) is 5.82 Å². The highest BCUT2D eigenvalue weighted by Gasteiger charge is 2.36. The number of benzene rings is 3. The number of aromatic nitrogens is 4. The molecule has 0 radical (unpaired) electrons. The molecule has 1 saturated carbocycles. The molecule has 6 nitrogen and oxygen atoms in total. The van der Waals surface area contributed by atoms with E-state index in [0.29, 0.717) is 17.7 Å². The molecule has 0 unspecified atom stereocenters. The van der Waals surface area contributed by atoms with E-state index in [1.165, 1.54) is 16.6 Å². The average molecular weight is 476 g/mol. The first-order valence-corrected chi connectivity index (χ1v) is 12.9. The van der Waals surface area contributed by atoms with Gasteiger partial charge in [-0.15, -0.1) is 0 Å². The molecule has 2 fully saturated rings. The molecule has 3 aromatic carbocycles. The van der Waals surface area contributed by atoms with Crippen LogP contribution in [0.5, 0.6) is 0 Å². The Kier molecular flexibility index (Phi) is 4.94. The fraction of sp³-hybridized carbons (Fsp3) is 0.300. The van der Waals surface area contributed by atoms with E-state index in [1.807, 2.05) is 6.20 Å². The summed E-state index contributed by atoms with van der Waals surface area (Å²) in [6, 6.07) is 21.5. The van der Waals surface area contributed by atoms with Crippen LogP contribution in [0.15, 0.2) is 66.9 Å². The van der Waals surface area contributed by atoms with Gasteiger partial charge < -0.3 is 9.47 Å². The Balaban J connectivity index is 1.22. The lowest BCUT2D eigenvalue weighted by molar-refractivity contribution is -0.131. The van der Waals surface area contributed by atoms with Crippen molar-refractivity contribution in [2.45, 2.75) is 32.7 Å². The predicted octanol–water partition coefficient (Wildman–Crippen LogP) is 5.81. The van der Waals surface area contributed by atoms with Crippen LogP contribution in [0.1, 0.15) is 24.8 Å². The van der Waals surface area contributed by atoms with Crippen LogP contribution >= 0.6 is 0 Å². The summed E-state index contributed by atoms with van der Waals surface area (Å²) >= 11 is 0. The summed E-state index contributed by atoms with van der Waals surface area (Å²) in [5, 5.41) is 8.31. The number of H-pyrrole nitrogens is 1. The Labute approximate surface area is 210 Å². The fourth-order valence-corrected chi connectivity index (χ4v) is 5.65. The van der Waals surface area contributed by atoms with Crippen LogP contribution in [-0.4, -0.2) is 43.6 Å². The number of fused-ring (bicyclic) bond motifs is 2. The summed E-state index contributed by atoms with van der Waals surface area (Å²) < 4.78 is 2.38. The molecule has 1 aliphatic carbocycles. The van der Waals surface area contributed by atoms with Gasteiger partial charge in [0, 0.05) is 36.5 Å². The Morgan fingerprint density at radius 1 is 1.00 bits per heavy atom. The topological polar surface area (TPSA) is 66.8 Å². The number of imidazole rings is 1. The number of aryl methyl sites for hydroxylation is 1. The molecule has 1 aliphatic heterocycles. The van der Waals surface area contributed by atoms with E-state index in [0.717, 1.165) is 72.3 Å². The minimum atomic E-state index is 0.295. The summed E-state index contributed by atoms with van der Waals surface area (Å²) in [4.78, 5) is 19.8. The highest BCUT2D eigenvalue weighted by molar-refractivity contribution is 5.86. The number of nitrogens with one attached hydrogen (secondary N) is 1. The number of carbonyl (C=O) groups is 1. The third kappa shape index (κ3) is 3.68. The average Bonchev–Trinajstić information content (AvgIpc) is 3.30. The number of para-hydroxylation sites is 1. The molecule has 6 heteroatoms. The van der Waals surface area contributed by atoms with E-state index >= 15 is 0 Å². The largest absolute Gasteiger partial charge is 0.342 e. The molecule has 3 heterocycles. The third-order valence-corrected chi connectivity index (χ3v) is 7.86. The SMILES string of the molecule is Cc1cccc2c1nc(-c1ccc(-c3ccc4cn[nH]c4c3)cc1)n2C[C@H]1CCN(C(=O)C2CC2)C1. The van der Waals surface area contributed by atoms with Gasteiger partial charge >= 0.3 is 0 Å². The number of amides is 1. The van der Waals surface area contributed by atoms with E-state index in [4.69, 9.17) is 4.98 Å². The fourth-order valence-electron chi connectivity index (χ4n) is 5.65. The number of hydrogen-bond donors (Lipinski definition) is 1. The summed E-state index contributed by atoms with van der Waals surface area (Å²) in [5.41, 5.74) is 7.90. The van der Waals surface area contributed by atoms with E-state index in [9.17, 15) is 4.79 Å². The van der Waals surface area contributed by atoms with Crippen LogP contribution in [0, 0.1) is 18.8 Å². The molecule has 7 rings (SSSR count). The van der Waals surface area contributed by atoms with Crippen molar-refractivity contribution in [3.63, 3.8) is 0 Å². The van der Waals surface area contributed by atoms with Crippen molar-refractivity contribution in [1.82, 2.24) is 24.6 Å². The molecular formula is C30H29N5O. The maximum absolute atomic E-state index is 12.6. The zero-order chi connectivity index (χ0) is 24.2. The second-order valence-electron chi connectivity index (χ2n) is 10.5. The summed E-state index contributed by atoms with van der Waals surface area (Å²) in [6.45, 7) is 4.75. The quantitative estimate of drug-likeness (QED) is 0.349. The lowest BCUT2D eigenvalue weighted by Gasteiger charge is -2.18. The molecule has 180 valence electrons.